The van der Waals surface area contributed by atoms with Crippen LogP contribution < -0.4 is 10.2 Å². The van der Waals surface area contributed by atoms with Gasteiger partial charge < -0.3 is 10.2 Å². The molecular formula is C15H22N2. The molecule has 1 aliphatic heterocycles. The number of benzene rings is 1. The van der Waals surface area contributed by atoms with Gasteiger partial charge in [0.25, 0.3) is 0 Å². The van der Waals surface area contributed by atoms with Crippen LogP contribution in [0.1, 0.15) is 31.2 Å². The zero-order chi connectivity index (χ0) is 11.5. The van der Waals surface area contributed by atoms with Gasteiger partial charge in [-0.1, -0.05) is 18.2 Å². The molecule has 0 spiro atoms. The van der Waals surface area contributed by atoms with Gasteiger partial charge in [0.15, 0.2) is 0 Å². The number of para-hydroxylation sites is 1. The zero-order valence-corrected chi connectivity index (χ0v) is 10.5. The molecule has 0 radical (unpaired) electrons. The fourth-order valence-electron chi connectivity index (χ4n) is 2.66. The van der Waals surface area contributed by atoms with Crippen LogP contribution in [0.25, 0.3) is 0 Å². The van der Waals surface area contributed by atoms with Gasteiger partial charge in [-0.05, 0) is 50.3 Å². The highest BCUT2D eigenvalue weighted by Gasteiger charge is 2.20. The molecule has 2 heteroatoms. The highest BCUT2D eigenvalue weighted by molar-refractivity contribution is 5.57. The molecule has 2 nitrogen and oxygen atoms in total. The number of rotatable bonds is 6. The molecule has 1 fully saturated rings. The molecule has 0 saturated heterocycles. The van der Waals surface area contributed by atoms with E-state index in [9.17, 15) is 0 Å². The van der Waals surface area contributed by atoms with Gasteiger partial charge in [0, 0.05) is 24.8 Å². The number of unbranched alkanes of at least 4 members (excludes halogenated alkanes) is 1. The number of nitrogens with one attached hydrogen (secondary N) is 1. The predicted octanol–water partition coefficient (Wildman–Crippen LogP) is 2.58. The summed E-state index contributed by atoms with van der Waals surface area (Å²) in [5.41, 5.74) is 3.01. The first-order valence-corrected chi connectivity index (χ1v) is 7.00. The Labute approximate surface area is 104 Å². The van der Waals surface area contributed by atoms with Gasteiger partial charge in [0.05, 0.1) is 0 Å². The molecule has 0 atom stereocenters. The second-order valence-corrected chi connectivity index (χ2v) is 5.30. The third-order valence-electron chi connectivity index (χ3n) is 3.85. The minimum atomic E-state index is 0.863. The largest absolute Gasteiger partial charge is 0.371 e. The van der Waals surface area contributed by atoms with E-state index in [1.807, 2.05) is 0 Å². The van der Waals surface area contributed by atoms with Crippen LogP contribution >= 0.6 is 0 Å². The number of nitrogens with zero attached hydrogens (tertiary/aromatic N) is 1. The van der Waals surface area contributed by atoms with Crippen molar-refractivity contribution >= 4 is 5.69 Å². The van der Waals surface area contributed by atoms with Gasteiger partial charge in [-0.15, -0.1) is 0 Å². The number of anilines is 1. The summed E-state index contributed by atoms with van der Waals surface area (Å²) in [6.07, 6.45) is 6.67. The summed E-state index contributed by atoms with van der Waals surface area (Å²) in [6.45, 7) is 3.65. The third kappa shape index (κ3) is 2.81. The molecule has 1 heterocycles. The maximum Gasteiger partial charge on any atom is 0.0399 e. The lowest BCUT2D eigenvalue weighted by Crippen LogP contribution is -2.23. The first-order chi connectivity index (χ1) is 8.43. The number of hydrogen-bond acceptors (Lipinski definition) is 2. The van der Waals surface area contributed by atoms with E-state index >= 15 is 0 Å². The first kappa shape index (κ1) is 11.1. The average molecular weight is 230 g/mol. The van der Waals surface area contributed by atoms with Crippen LogP contribution in [0.5, 0.6) is 0 Å². The second kappa shape index (κ2) is 5.09. The number of hydrogen-bond donors (Lipinski definition) is 1. The van der Waals surface area contributed by atoms with Crippen LogP contribution in [0.2, 0.25) is 0 Å². The Kier molecular flexibility index (Phi) is 3.32. The molecule has 3 rings (SSSR count). The monoisotopic (exact) mass is 230 g/mol. The van der Waals surface area contributed by atoms with Crippen molar-refractivity contribution in [1.82, 2.24) is 5.32 Å². The summed E-state index contributed by atoms with van der Waals surface area (Å²) >= 11 is 0. The molecule has 0 amide bonds. The summed E-state index contributed by atoms with van der Waals surface area (Å²) in [7, 11) is 0. The molecular weight excluding hydrogens is 208 g/mol. The summed E-state index contributed by atoms with van der Waals surface area (Å²) in [4.78, 5) is 2.55. The minimum Gasteiger partial charge on any atom is -0.371 e. The smallest absolute Gasteiger partial charge is 0.0399 e. The van der Waals surface area contributed by atoms with E-state index in [-0.39, 0.29) is 0 Å². The lowest BCUT2D eigenvalue weighted by molar-refractivity contribution is 0.613. The van der Waals surface area contributed by atoms with Crippen molar-refractivity contribution in [3.05, 3.63) is 29.8 Å². The second-order valence-electron chi connectivity index (χ2n) is 5.30. The van der Waals surface area contributed by atoms with E-state index in [4.69, 9.17) is 0 Å². The van der Waals surface area contributed by atoms with Crippen molar-refractivity contribution in [2.75, 3.05) is 24.5 Å². The summed E-state index contributed by atoms with van der Waals surface area (Å²) in [5.74, 6) is 0. The molecule has 0 unspecified atom stereocenters. The standard InChI is InChI=1S/C15H22N2/c1-2-6-15-13(5-1)9-12-17(15)11-4-3-10-16-14-7-8-14/h1-2,5-6,14,16H,3-4,7-12H2. The first-order valence-electron chi connectivity index (χ1n) is 7.00. The number of fused-ring (bicyclic) bond motifs is 1. The van der Waals surface area contributed by atoms with Crippen LogP contribution in [0.3, 0.4) is 0 Å². The Balaban J connectivity index is 1.40. The maximum absolute atomic E-state index is 3.58. The van der Waals surface area contributed by atoms with E-state index in [0.717, 1.165) is 6.04 Å². The third-order valence-corrected chi connectivity index (χ3v) is 3.85. The Morgan fingerprint density at radius 2 is 2.06 bits per heavy atom. The Morgan fingerprint density at radius 3 is 2.94 bits per heavy atom. The van der Waals surface area contributed by atoms with Crippen LogP contribution in [0.15, 0.2) is 24.3 Å². The summed E-state index contributed by atoms with van der Waals surface area (Å²) < 4.78 is 0. The average Bonchev–Trinajstić information content (AvgIpc) is 3.09. The van der Waals surface area contributed by atoms with Crippen molar-refractivity contribution in [2.45, 2.75) is 38.1 Å². The topological polar surface area (TPSA) is 15.3 Å². The summed E-state index contributed by atoms with van der Waals surface area (Å²) in [6, 6.07) is 9.71. The van der Waals surface area contributed by atoms with Crippen LogP contribution in [0, 0.1) is 0 Å². The Morgan fingerprint density at radius 1 is 1.18 bits per heavy atom. The molecule has 92 valence electrons. The van der Waals surface area contributed by atoms with E-state index in [1.165, 1.54) is 63.0 Å². The van der Waals surface area contributed by atoms with Crippen molar-refractivity contribution in [3.8, 4) is 0 Å². The van der Waals surface area contributed by atoms with Gasteiger partial charge >= 0.3 is 0 Å². The van der Waals surface area contributed by atoms with Crippen molar-refractivity contribution in [1.29, 1.82) is 0 Å². The van der Waals surface area contributed by atoms with Crippen molar-refractivity contribution in [2.24, 2.45) is 0 Å². The SMILES string of the molecule is c1ccc2c(c1)CCN2CCCCNC1CC1. The van der Waals surface area contributed by atoms with Crippen molar-refractivity contribution in [3.63, 3.8) is 0 Å². The van der Waals surface area contributed by atoms with Gasteiger partial charge in [0.1, 0.15) is 0 Å². The van der Waals surface area contributed by atoms with Gasteiger partial charge in [-0.25, -0.2) is 0 Å². The Bertz CT molecular complexity index is 371. The molecule has 1 N–H and O–H groups in total. The molecule has 1 aromatic rings. The predicted molar refractivity (Wildman–Crippen MR) is 72.6 cm³/mol. The van der Waals surface area contributed by atoms with E-state index < -0.39 is 0 Å². The maximum atomic E-state index is 3.58. The zero-order valence-electron chi connectivity index (χ0n) is 10.5. The molecule has 0 bridgehead atoms. The van der Waals surface area contributed by atoms with Gasteiger partial charge in [-0.3, -0.25) is 0 Å². The highest BCUT2D eigenvalue weighted by Crippen LogP contribution is 2.27. The molecule has 17 heavy (non-hydrogen) atoms. The fourth-order valence-corrected chi connectivity index (χ4v) is 2.66. The lowest BCUT2D eigenvalue weighted by atomic mass is 10.2. The van der Waals surface area contributed by atoms with E-state index in [2.05, 4.69) is 34.5 Å². The quantitative estimate of drug-likeness (QED) is 0.756. The van der Waals surface area contributed by atoms with Crippen molar-refractivity contribution < 1.29 is 0 Å². The van der Waals surface area contributed by atoms with E-state index in [1.54, 1.807) is 0 Å². The highest BCUT2D eigenvalue weighted by atomic mass is 15.1. The molecule has 1 saturated carbocycles. The normalized spacial score (nSPS) is 18.5. The van der Waals surface area contributed by atoms with Gasteiger partial charge in [-0.2, -0.15) is 0 Å². The van der Waals surface area contributed by atoms with E-state index in [0.29, 0.717) is 0 Å². The Hall–Kier alpha value is -1.02. The summed E-state index contributed by atoms with van der Waals surface area (Å²) in [5, 5.41) is 3.58. The van der Waals surface area contributed by atoms with Crippen LogP contribution in [0.4, 0.5) is 5.69 Å². The molecule has 2 aliphatic rings. The fraction of sp³-hybridized carbons (Fsp3) is 0.600. The molecule has 1 aliphatic carbocycles. The minimum absolute atomic E-state index is 0.863. The van der Waals surface area contributed by atoms with Crippen LogP contribution in [-0.4, -0.2) is 25.7 Å². The lowest BCUT2D eigenvalue weighted by Gasteiger charge is -2.19. The van der Waals surface area contributed by atoms with Gasteiger partial charge in [0.2, 0.25) is 0 Å². The van der Waals surface area contributed by atoms with Crippen LogP contribution in [-0.2, 0) is 6.42 Å². The molecule has 1 aromatic carbocycles. The molecule has 0 aromatic heterocycles.